The number of primary amides is 1. The number of carbonyl (C=O) groups excluding carboxylic acids is 1. The maximum Gasteiger partial charge on any atom is 0.401 e. The van der Waals surface area contributed by atoms with Gasteiger partial charge in [0.2, 0.25) is 5.91 Å². The van der Waals surface area contributed by atoms with E-state index in [2.05, 4.69) is 5.32 Å². The van der Waals surface area contributed by atoms with Crippen molar-refractivity contribution in [2.45, 2.75) is 38.4 Å². The monoisotopic (exact) mass is 269 g/mol. The van der Waals surface area contributed by atoms with Gasteiger partial charge in [-0.3, -0.25) is 9.69 Å². The molecular weight excluding hydrogens is 247 g/mol. The minimum Gasteiger partial charge on any atom is -0.368 e. The molecule has 108 valence electrons. The van der Waals surface area contributed by atoms with Gasteiger partial charge in [-0.25, -0.2) is 0 Å². The molecule has 4 nitrogen and oxygen atoms in total. The highest BCUT2D eigenvalue weighted by atomic mass is 19.4. The van der Waals surface area contributed by atoms with E-state index in [1.165, 1.54) is 4.90 Å². The Balaban J connectivity index is 4.47. The van der Waals surface area contributed by atoms with Crippen LogP contribution in [0.5, 0.6) is 0 Å². The zero-order chi connectivity index (χ0) is 14.4. The highest BCUT2D eigenvalue weighted by Crippen LogP contribution is 2.18. The number of amides is 1. The Bertz CT molecular complexity index is 271. The van der Waals surface area contributed by atoms with Crippen LogP contribution < -0.4 is 11.1 Å². The molecule has 1 amide bonds. The van der Waals surface area contributed by atoms with Gasteiger partial charge in [-0.15, -0.1) is 0 Å². The summed E-state index contributed by atoms with van der Waals surface area (Å²) in [6, 6.07) is 0. The van der Waals surface area contributed by atoms with Crippen molar-refractivity contribution in [3.63, 3.8) is 0 Å². The standard InChI is InChI=1S/C11H22F3N3O/c1-4-6-17(8-11(12,13)14)7-5-10(2,16-3)9(15)18/h16H,4-8H2,1-3H3,(H2,15,18). The van der Waals surface area contributed by atoms with Crippen LogP contribution >= 0.6 is 0 Å². The van der Waals surface area contributed by atoms with E-state index in [-0.39, 0.29) is 13.0 Å². The van der Waals surface area contributed by atoms with Crippen molar-refractivity contribution in [2.75, 3.05) is 26.7 Å². The Morgan fingerprint density at radius 1 is 1.33 bits per heavy atom. The summed E-state index contributed by atoms with van der Waals surface area (Å²) in [4.78, 5) is 12.5. The first-order chi connectivity index (χ1) is 8.14. The quantitative estimate of drug-likeness (QED) is 0.694. The molecule has 0 rings (SSSR count). The molecule has 0 saturated carbocycles. The van der Waals surface area contributed by atoms with Gasteiger partial charge in [-0.05, 0) is 33.4 Å². The summed E-state index contributed by atoms with van der Waals surface area (Å²) in [6.45, 7) is 2.97. The molecule has 18 heavy (non-hydrogen) atoms. The van der Waals surface area contributed by atoms with Gasteiger partial charge in [0, 0.05) is 6.54 Å². The summed E-state index contributed by atoms with van der Waals surface area (Å²) in [5.41, 5.74) is 4.25. The first-order valence-electron chi connectivity index (χ1n) is 5.92. The van der Waals surface area contributed by atoms with E-state index in [4.69, 9.17) is 5.73 Å². The molecule has 7 heteroatoms. The summed E-state index contributed by atoms with van der Waals surface area (Å²) in [6.07, 6.45) is -3.35. The number of nitrogens with one attached hydrogen (secondary N) is 1. The predicted octanol–water partition coefficient (Wildman–Crippen LogP) is 1.11. The SMILES string of the molecule is CCCN(CCC(C)(NC)C(N)=O)CC(F)(F)F. The second-order valence-corrected chi connectivity index (χ2v) is 4.59. The molecule has 0 aliphatic carbocycles. The molecule has 0 aliphatic rings. The fourth-order valence-electron chi connectivity index (χ4n) is 1.59. The van der Waals surface area contributed by atoms with Crippen LogP contribution in [0.4, 0.5) is 13.2 Å². The number of likely N-dealkylation sites (N-methyl/N-ethyl adjacent to an activating group) is 1. The lowest BCUT2D eigenvalue weighted by Crippen LogP contribution is -2.53. The molecule has 0 radical (unpaired) electrons. The van der Waals surface area contributed by atoms with Gasteiger partial charge in [-0.2, -0.15) is 13.2 Å². The Kier molecular flexibility index (Phi) is 6.62. The molecule has 1 unspecified atom stereocenters. The average Bonchev–Trinajstić information content (AvgIpc) is 2.23. The van der Waals surface area contributed by atoms with Crippen molar-refractivity contribution in [3.8, 4) is 0 Å². The Hall–Kier alpha value is -0.820. The molecule has 0 aliphatic heterocycles. The lowest BCUT2D eigenvalue weighted by molar-refractivity contribution is -0.146. The molecule has 0 fully saturated rings. The van der Waals surface area contributed by atoms with Crippen molar-refractivity contribution >= 4 is 5.91 Å². The Morgan fingerprint density at radius 3 is 2.22 bits per heavy atom. The van der Waals surface area contributed by atoms with Gasteiger partial charge in [-0.1, -0.05) is 6.92 Å². The van der Waals surface area contributed by atoms with Crippen LogP contribution in [0.3, 0.4) is 0 Å². The summed E-state index contributed by atoms with van der Waals surface area (Å²) in [5, 5.41) is 2.76. The Labute approximate surface area is 106 Å². The highest BCUT2D eigenvalue weighted by Gasteiger charge is 2.33. The minimum absolute atomic E-state index is 0.174. The van der Waals surface area contributed by atoms with Gasteiger partial charge >= 0.3 is 6.18 Å². The molecule has 0 spiro atoms. The van der Waals surface area contributed by atoms with Gasteiger partial charge < -0.3 is 11.1 Å². The zero-order valence-electron chi connectivity index (χ0n) is 11.1. The van der Waals surface area contributed by atoms with E-state index in [1.54, 1.807) is 14.0 Å². The van der Waals surface area contributed by atoms with E-state index in [9.17, 15) is 18.0 Å². The third-order valence-electron chi connectivity index (χ3n) is 2.97. The molecule has 3 N–H and O–H groups in total. The van der Waals surface area contributed by atoms with Crippen molar-refractivity contribution in [3.05, 3.63) is 0 Å². The van der Waals surface area contributed by atoms with Crippen LogP contribution in [-0.2, 0) is 4.79 Å². The van der Waals surface area contributed by atoms with E-state index in [1.807, 2.05) is 6.92 Å². The van der Waals surface area contributed by atoms with Gasteiger partial charge in [0.15, 0.2) is 0 Å². The minimum atomic E-state index is -4.22. The normalized spacial score (nSPS) is 15.7. The van der Waals surface area contributed by atoms with Crippen LogP contribution in [0.2, 0.25) is 0 Å². The van der Waals surface area contributed by atoms with Gasteiger partial charge in [0.05, 0.1) is 12.1 Å². The number of nitrogens with zero attached hydrogens (tertiary/aromatic N) is 1. The largest absolute Gasteiger partial charge is 0.401 e. The Morgan fingerprint density at radius 2 is 1.89 bits per heavy atom. The van der Waals surface area contributed by atoms with Crippen molar-refractivity contribution in [2.24, 2.45) is 5.73 Å². The second-order valence-electron chi connectivity index (χ2n) is 4.59. The molecule has 0 aromatic carbocycles. The molecule has 0 heterocycles. The fraction of sp³-hybridized carbons (Fsp3) is 0.909. The third-order valence-corrected chi connectivity index (χ3v) is 2.97. The van der Waals surface area contributed by atoms with Crippen molar-refractivity contribution in [1.29, 1.82) is 0 Å². The van der Waals surface area contributed by atoms with E-state index in [0.29, 0.717) is 13.0 Å². The van der Waals surface area contributed by atoms with Crippen LogP contribution in [0.15, 0.2) is 0 Å². The van der Waals surface area contributed by atoms with Crippen LogP contribution in [0.1, 0.15) is 26.7 Å². The summed E-state index contributed by atoms with van der Waals surface area (Å²) >= 11 is 0. The zero-order valence-corrected chi connectivity index (χ0v) is 11.1. The topological polar surface area (TPSA) is 58.4 Å². The lowest BCUT2D eigenvalue weighted by Gasteiger charge is -2.30. The number of alkyl halides is 3. The number of hydrogen-bond acceptors (Lipinski definition) is 3. The lowest BCUT2D eigenvalue weighted by atomic mass is 9.97. The molecule has 0 aromatic rings. The first-order valence-corrected chi connectivity index (χ1v) is 5.92. The van der Waals surface area contributed by atoms with Crippen LogP contribution in [-0.4, -0.2) is 49.2 Å². The number of rotatable bonds is 8. The predicted molar refractivity (Wildman–Crippen MR) is 64.1 cm³/mol. The van der Waals surface area contributed by atoms with Crippen LogP contribution in [0.25, 0.3) is 0 Å². The number of carbonyl (C=O) groups is 1. The van der Waals surface area contributed by atoms with Gasteiger partial charge in [0.1, 0.15) is 0 Å². The fourth-order valence-corrected chi connectivity index (χ4v) is 1.59. The van der Waals surface area contributed by atoms with E-state index < -0.39 is 24.2 Å². The molecule has 0 bridgehead atoms. The maximum absolute atomic E-state index is 12.3. The average molecular weight is 269 g/mol. The van der Waals surface area contributed by atoms with Crippen LogP contribution in [0, 0.1) is 0 Å². The summed E-state index contributed by atoms with van der Waals surface area (Å²) < 4.78 is 37.0. The molecule has 1 atom stereocenters. The first kappa shape index (κ1) is 17.2. The smallest absolute Gasteiger partial charge is 0.368 e. The van der Waals surface area contributed by atoms with Gasteiger partial charge in [0.25, 0.3) is 0 Å². The third kappa shape index (κ3) is 6.20. The summed E-state index contributed by atoms with van der Waals surface area (Å²) in [5.74, 6) is -0.562. The highest BCUT2D eigenvalue weighted by molar-refractivity contribution is 5.84. The van der Waals surface area contributed by atoms with Crippen molar-refractivity contribution in [1.82, 2.24) is 10.2 Å². The molecule has 0 aromatic heterocycles. The number of nitrogens with two attached hydrogens (primary N) is 1. The van der Waals surface area contributed by atoms with Crippen molar-refractivity contribution < 1.29 is 18.0 Å². The number of halogens is 3. The molecule has 0 saturated heterocycles. The van der Waals surface area contributed by atoms with E-state index in [0.717, 1.165) is 0 Å². The second kappa shape index (κ2) is 6.94. The number of hydrogen-bond donors (Lipinski definition) is 2. The summed E-state index contributed by atoms with van der Waals surface area (Å²) in [7, 11) is 1.57. The molecular formula is C11H22F3N3O. The van der Waals surface area contributed by atoms with E-state index >= 15 is 0 Å². The maximum atomic E-state index is 12.3.